The zero-order valence-corrected chi connectivity index (χ0v) is 7.60. The van der Waals surface area contributed by atoms with Gasteiger partial charge in [0.25, 0.3) is 0 Å². The van der Waals surface area contributed by atoms with Crippen LogP contribution in [0.5, 0.6) is 0 Å². The fraction of sp³-hybridized carbons (Fsp3) is 0.714. The van der Waals surface area contributed by atoms with E-state index in [-0.39, 0.29) is 0 Å². The van der Waals surface area contributed by atoms with E-state index in [1.807, 2.05) is 4.57 Å². The maximum Gasteiger partial charge on any atom is 0.220 e. The number of nitrogens with two attached hydrogens (primary N) is 1. The van der Waals surface area contributed by atoms with Crippen molar-refractivity contribution in [2.24, 2.45) is 5.92 Å². The first-order valence-electron chi connectivity index (χ1n) is 4.18. The van der Waals surface area contributed by atoms with E-state index in [4.69, 9.17) is 18.0 Å². The molecule has 5 heteroatoms. The molecule has 0 radical (unpaired) electrons. The van der Waals surface area contributed by atoms with E-state index >= 15 is 0 Å². The first kappa shape index (κ1) is 7.79. The number of H-pyrrole nitrogens is 1. The van der Waals surface area contributed by atoms with E-state index in [0.717, 1.165) is 12.5 Å². The van der Waals surface area contributed by atoms with E-state index in [2.05, 4.69) is 10.2 Å². The molecule has 0 amide bonds. The van der Waals surface area contributed by atoms with Crippen LogP contribution >= 0.6 is 12.2 Å². The molecule has 66 valence electrons. The number of hydrogen-bond acceptors (Lipinski definition) is 3. The molecule has 0 aromatic carbocycles. The molecule has 0 bridgehead atoms. The Balaban J connectivity index is 2.15. The summed E-state index contributed by atoms with van der Waals surface area (Å²) in [4.78, 5) is 0. The van der Waals surface area contributed by atoms with Gasteiger partial charge in [-0.1, -0.05) is 6.42 Å². The van der Waals surface area contributed by atoms with Crippen molar-refractivity contribution >= 4 is 18.2 Å². The lowest BCUT2D eigenvalue weighted by molar-refractivity contribution is 0.277. The van der Waals surface area contributed by atoms with Crippen molar-refractivity contribution in [2.75, 3.05) is 5.73 Å². The Morgan fingerprint density at radius 2 is 2.42 bits per heavy atom. The summed E-state index contributed by atoms with van der Waals surface area (Å²) in [6, 6.07) is 0. The standard InChI is InChI=1S/C7H12N4S/c8-6-9-10-7(12)11(6)4-5-2-1-3-5/h5H,1-4H2,(H2,8,9)(H,10,12). The molecule has 0 aliphatic heterocycles. The number of nitrogens with one attached hydrogen (secondary N) is 1. The van der Waals surface area contributed by atoms with Crippen LogP contribution in [0.1, 0.15) is 19.3 Å². The van der Waals surface area contributed by atoms with Crippen LogP contribution < -0.4 is 5.73 Å². The van der Waals surface area contributed by atoms with Crippen molar-refractivity contribution in [1.82, 2.24) is 14.8 Å². The quantitative estimate of drug-likeness (QED) is 0.681. The largest absolute Gasteiger partial charge is 0.368 e. The van der Waals surface area contributed by atoms with E-state index in [1.165, 1.54) is 19.3 Å². The zero-order valence-electron chi connectivity index (χ0n) is 6.79. The smallest absolute Gasteiger partial charge is 0.220 e. The maximum absolute atomic E-state index is 5.62. The molecule has 12 heavy (non-hydrogen) atoms. The molecule has 0 unspecified atom stereocenters. The van der Waals surface area contributed by atoms with Gasteiger partial charge in [-0.25, -0.2) is 5.10 Å². The predicted molar refractivity (Wildman–Crippen MR) is 49.2 cm³/mol. The minimum absolute atomic E-state index is 0.506. The Morgan fingerprint density at radius 3 is 2.83 bits per heavy atom. The molecule has 1 aromatic rings. The van der Waals surface area contributed by atoms with Crippen LogP contribution in [0, 0.1) is 10.7 Å². The van der Waals surface area contributed by atoms with Crippen molar-refractivity contribution in [3.05, 3.63) is 4.77 Å². The summed E-state index contributed by atoms with van der Waals surface area (Å²) in [7, 11) is 0. The zero-order chi connectivity index (χ0) is 8.55. The fourth-order valence-corrected chi connectivity index (χ4v) is 1.65. The highest BCUT2D eigenvalue weighted by atomic mass is 32.1. The van der Waals surface area contributed by atoms with Gasteiger partial charge in [0.1, 0.15) is 0 Å². The Hall–Kier alpha value is -0.840. The van der Waals surface area contributed by atoms with Crippen LogP contribution in [-0.2, 0) is 6.54 Å². The predicted octanol–water partition coefficient (Wildman–Crippen LogP) is 1.32. The Kier molecular flexibility index (Phi) is 1.88. The molecule has 1 aliphatic carbocycles. The van der Waals surface area contributed by atoms with E-state index in [0.29, 0.717) is 10.7 Å². The highest BCUT2D eigenvalue weighted by Gasteiger charge is 2.19. The molecule has 3 N–H and O–H groups in total. The molecule has 1 fully saturated rings. The first-order chi connectivity index (χ1) is 5.77. The van der Waals surface area contributed by atoms with Gasteiger partial charge >= 0.3 is 0 Å². The Labute approximate surface area is 75.8 Å². The number of nitrogens with zero attached hydrogens (tertiary/aromatic N) is 2. The number of aromatic amines is 1. The maximum atomic E-state index is 5.62. The second kappa shape index (κ2) is 2.90. The Bertz CT molecular complexity index is 322. The van der Waals surface area contributed by atoms with Gasteiger partial charge in [-0.3, -0.25) is 4.57 Å². The number of hydrogen-bond donors (Lipinski definition) is 2. The third-order valence-electron chi connectivity index (χ3n) is 2.45. The third-order valence-corrected chi connectivity index (χ3v) is 2.76. The second-order valence-corrected chi connectivity index (χ2v) is 3.68. The van der Waals surface area contributed by atoms with Gasteiger partial charge in [0.2, 0.25) is 5.95 Å². The number of aromatic nitrogens is 3. The van der Waals surface area contributed by atoms with Crippen LogP contribution in [-0.4, -0.2) is 14.8 Å². The first-order valence-corrected chi connectivity index (χ1v) is 4.59. The minimum Gasteiger partial charge on any atom is -0.368 e. The van der Waals surface area contributed by atoms with E-state index in [9.17, 15) is 0 Å². The van der Waals surface area contributed by atoms with Crippen molar-refractivity contribution in [1.29, 1.82) is 0 Å². The van der Waals surface area contributed by atoms with Crippen LogP contribution in [0.4, 0.5) is 5.95 Å². The average molecular weight is 184 g/mol. The molecule has 1 aliphatic rings. The summed E-state index contributed by atoms with van der Waals surface area (Å²) in [6.07, 6.45) is 3.94. The second-order valence-electron chi connectivity index (χ2n) is 3.29. The van der Waals surface area contributed by atoms with Gasteiger partial charge in [0, 0.05) is 6.54 Å². The number of nitrogen functional groups attached to an aromatic ring is 1. The number of anilines is 1. The monoisotopic (exact) mass is 184 g/mol. The van der Waals surface area contributed by atoms with Gasteiger partial charge in [-0.15, -0.1) is 5.10 Å². The number of rotatable bonds is 2. The van der Waals surface area contributed by atoms with Crippen LogP contribution in [0.3, 0.4) is 0 Å². The normalized spacial score (nSPS) is 17.7. The van der Waals surface area contributed by atoms with Crippen molar-refractivity contribution in [3.8, 4) is 0 Å². The van der Waals surface area contributed by atoms with Gasteiger partial charge in [-0.05, 0) is 31.0 Å². The van der Waals surface area contributed by atoms with Gasteiger partial charge in [0.05, 0.1) is 0 Å². The molecule has 0 atom stereocenters. The van der Waals surface area contributed by atoms with Crippen molar-refractivity contribution in [3.63, 3.8) is 0 Å². The summed E-state index contributed by atoms with van der Waals surface area (Å²) in [5, 5.41) is 6.53. The molecule has 1 heterocycles. The van der Waals surface area contributed by atoms with Gasteiger partial charge in [0.15, 0.2) is 4.77 Å². The molecule has 1 saturated carbocycles. The van der Waals surface area contributed by atoms with Gasteiger partial charge < -0.3 is 5.73 Å². The molecule has 0 saturated heterocycles. The third kappa shape index (κ3) is 1.24. The summed E-state index contributed by atoms with van der Waals surface area (Å²) in [6.45, 7) is 0.932. The lowest BCUT2D eigenvalue weighted by Gasteiger charge is -2.25. The molecule has 2 rings (SSSR count). The SMILES string of the molecule is Nc1n[nH]c(=S)n1CC1CCC1. The topological polar surface area (TPSA) is 59.6 Å². The lowest BCUT2D eigenvalue weighted by atomic mass is 9.85. The minimum atomic E-state index is 0.506. The summed E-state index contributed by atoms with van der Waals surface area (Å²) in [5.74, 6) is 1.27. The lowest BCUT2D eigenvalue weighted by Crippen LogP contribution is -2.19. The van der Waals surface area contributed by atoms with E-state index in [1.54, 1.807) is 0 Å². The summed E-state index contributed by atoms with van der Waals surface area (Å²) >= 11 is 5.03. The average Bonchev–Trinajstić information content (AvgIpc) is 2.25. The van der Waals surface area contributed by atoms with Crippen molar-refractivity contribution in [2.45, 2.75) is 25.8 Å². The van der Waals surface area contributed by atoms with Gasteiger partial charge in [-0.2, -0.15) is 0 Å². The van der Waals surface area contributed by atoms with Crippen LogP contribution in [0.25, 0.3) is 0 Å². The van der Waals surface area contributed by atoms with Crippen LogP contribution in [0.2, 0.25) is 0 Å². The van der Waals surface area contributed by atoms with Crippen LogP contribution in [0.15, 0.2) is 0 Å². The molecule has 1 aromatic heterocycles. The highest BCUT2D eigenvalue weighted by molar-refractivity contribution is 7.71. The fourth-order valence-electron chi connectivity index (χ4n) is 1.44. The summed E-state index contributed by atoms with van der Waals surface area (Å²) < 4.78 is 2.51. The Morgan fingerprint density at radius 1 is 1.67 bits per heavy atom. The molecule has 0 spiro atoms. The summed E-state index contributed by atoms with van der Waals surface area (Å²) in [5.41, 5.74) is 5.62. The highest BCUT2D eigenvalue weighted by Crippen LogP contribution is 2.28. The molecule has 4 nitrogen and oxygen atoms in total. The molecular formula is C7H12N4S. The molecular weight excluding hydrogens is 172 g/mol. The van der Waals surface area contributed by atoms with Crippen molar-refractivity contribution < 1.29 is 0 Å². The van der Waals surface area contributed by atoms with E-state index < -0.39 is 0 Å².